The molecule has 1 atom stereocenters. The predicted molar refractivity (Wildman–Crippen MR) is 118 cm³/mol. The number of carbonyl (C=O) groups is 1. The quantitative estimate of drug-likeness (QED) is 0.590. The van der Waals surface area contributed by atoms with Gasteiger partial charge in [-0.1, -0.05) is 22.9 Å². The molecule has 8 nitrogen and oxygen atoms in total. The Bertz CT molecular complexity index is 1130. The Morgan fingerprint density at radius 3 is 2.88 bits per heavy atom. The van der Waals surface area contributed by atoms with Crippen LogP contribution < -0.4 is 4.74 Å². The van der Waals surface area contributed by atoms with Gasteiger partial charge in [-0.3, -0.25) is 4.79 Å². The first-order valence-electron chi connectivity index (χ1n) is 10.7. The highest BCUT2D eigenvalue weighted by molar-refractivity contribution is 6.30. The Hall–Kier alpha value is -2.97. The second-order valence-electron chi connectivity index (χ2n) is 8.12. The number of nitrogens with zero attached hydrogens (tertiary/aromatic N) is 5. The van der Waals surface area contributed by atoms with Crippen LogP contribution in [0.5, 0.6) is 5.88 Å². The number of rotatable bonds is 5. The van der Waals surface area contributed by atoms with Crippen LogP contribution in [0.15, 0.2) is 36.4 Å². The molecule has 2 aromatic heterocycles. The SMILES string of the molecule is Cc1nnn(-c2ccc(Cl)cc2)c1COc1ccc2c(n1)CCN(C(=O)[C@H]1CCOC1)C2. The van der Waals surface area contributed by atoms with Gasteiger partial charge < -0.3 is 14.4 Å². The minimum atomic E-state index is -0.00513. The maximum Gasteiger partial charge on any atom is 0.228 e. The molecule has 0 radical (unpaired) electrons. The molecule has 166 valence electrons. The third kappa shape index (κ3) is 4.20. The maximum atomic E-state index is 12.7. The number of aryl methyl sites for hydroxylation is 1. The number of amides is 1. The van der Waals surface area contributed by atoms with Gasteiger partial charge in [-0.05, 0) is 43.2 Å². The van der Waals surface area contributed by atoms with Crippen LogP contribution in [-0.4, -0.2) is 50.5 Å². The average molecular weight is 454 g/mol. The normalized spacial score (nSPS) is 17.9. The van der Waals surface area contributed by atoms with Crippen LogP contribution in [0.1, 0.15) is 29.1 Å². The van der Waals surface area contributed by atoms with Crippen molar-refractivity contribution in [1.82, 2.24) is 24.9 Å². The van der Waals surface area contributed by atoms with Crippen molar-refractivity contribution in [2.24, 2.45) is 5.92 Å². The first-order chi connectivity index (χ1) is 15.6. The number of fused-ring (bicyclic) bond motifs is 1. The fourth-order valence-electron chi connectivity index (χ4n) is 4.13. The summed E-state index contributed by atoms with van der Waals surface area (Å²) in [5.74, 6) is 0.734. The lowest BCUT2D eigenvalue weighted by Gasteiger charge is -2.30. The van der Waals surface area contributed by atoms with E-state index in [0.717, 1.165) is 41.2 Å². The molecular formula is C23H24ClN5O3. The summed E-state index contributed by atoms with van der Waals surface area (Å²) in [6, 6.07) is 11.3. The Morgan fingerprint density at radius 1 is 1.25 bits per heavy atom. The monoisotopic (exact) mass is 453 g/mol. The van der Waals surface area contributed by atoms with E-state index in [9.17, 15) is 4.79 Å². The molecule has 2 aliphatic heterocycles. The maximum absolute atomic E-state index is 12.7. The van der Waals surface area contributed by atoms with E-state index in [1.165, 1.54) is 0 Å². The summed E-state index contributed by atoms with van der Waals surface area (Å²) >= 11 is 6.00. The molecule has 4 heterocycles. The van der Waals surface area contributed by atoms with Crippen LogP contribution in [0, 0.1) is 12.8 Å². The Morgan fingerprint density at radius 2 is 2.09 bits per heavy atom. The second kappa shape index (κ2) is 8.88. The van der Waals surface area contributed by atoms with Gasteiger partial charge in [0.25, 0.3) is 0 Å². The number of hydrogen-bond donors (Lipinski definition) is 0. The number of pyridine rings is 1. The average Bonchev–Trinajstić information content (AvgIpc) is 3.47. The molecule has 1 saturated heterocycles. The molecule has 5 rings (SSSR count). The molecule has 0 spiro atoms. The number of halogens is 1. The van der Waals surface area contributed by atoms with E-state index in [1.807, 2.05) is 48.2 Å². The van der Waals surface area contributed by atoms with Crippen molar-refractivity contribution in [1.29, 1.82) is 0 Å². The number of aromatic nitrogens is 4. The molecule has 0 N–H and O–H groups in total. The summed E-state index contributed by atoms with van der Waals surface area (Å²) < 4.78 is 13.1. The lowest BCUT2D eigenvalue weighted by molar-refractivity contribution is -0.136. The van der Waals surface area contributed by atoms with Crippen molar-refractivity contribution in [3.8, 4) is 11.6 Å². The fourth-order valence-corrected chi connectivity index (χ4v) is 4.25. The van der Waals surface area contributed by atoms with Crippen LogP contribution in [0.2, 0.25) is 5.02 Å². The largest absolute Gasteiger partial charge is 0.471 e. The van der Waals surface area contributed by atoms with Crippen LogP contribution in [0.4, 0.5) is 0 Å². The van der Waals surface area contributed by atoms with Crippen molar-refractivity contribution >= 4 is 17.5 Å². The lowest BCUT2D eigenvalue weighted by atomic mass is 10.0. The van der Waals surface area contributed by atoms with Gasteiger partial charge in [0.05, 0.1) is 29.6 Å². The zero-order chi connectivity index (χ0) is 22.1. The Labute approximate surface area is 191 Å². The molecule has 3 aromatic rings. The Kier molecular flexibility index (Phi) is 5.80. The highest BCUT2D eigenvalue weighted by Crippen LogP contribution is 2.25. The predicted octanol–water partition coefficient (Wildman–Crippen LogP) is 3.12. The van der Waals surface area contributed by atoms with Crippen molar-refractivity contribution in [2.75, 3.05) is 19.8 Å². The highest BCUT2D eigenvalue weighted by Gasteiger charge is 2.30. The molecule has 1 aromatic carbocycles. The van der Waals surface area contributed by atoms with Gasteiger partial charge in [0.1, 0.15) is 12.3 Å². The van der Waals surface area contributed by atoms with Crippen molar-refractivity contribution < 1.29 is 14.3 Å². The molecule has 1 amide bonds. The van der Waals surface area contributed by atoms with E-state index in [2.05, 4.69) is 10.3 Å². The highest BCUT2D eigenvalue weighted by atomic mass is 35.5. The summed E-state index contributed by atoms with van der Waals surface area (Å²) in [6.07, 6.45) is 1.53. The van der Waals surface area contributed by atoms with Gasteiger partial charge in [-0.15, -0.1) is 5.10 Å². The lowest BCUT2D eigenvalue weighted by Crippen LogP contribution is -2.40. The molecule has 1 fully saturated rings. The van der Waals surface area contributed by atoms with E-state index in [-0.39, 0.29) is 11.8 Å². The van der Waals surface area contributed by atoms with E-state index < -0.39 is 0 Å². The standard InChI is InChI=1S/C23H24ClN5O3/c1-15-21(29(27-26-15)19-5-3-18(24)4-6-19)14-32-22-7-2-16-12-28(10-8-20(16)25-22)23(30)17-9-11-31-13-17/h2-7,17H,8-14H2,1H3/t17-/m0/s1. The topological polar surface area (TPSA) is 82.4 Å². The minimum Gasteiger partial charge on any atom is -0.471 e. The molecule has 2 aliphatic rings. The van der Waals surface area contributed by atoms with Gasteiger partial charge >= 0.3 is 0 Å². The van der Waals surface area contributed by atoms with Crippen molar-refractivity contribution in [3.63, 3.8) is 0 Å². The molecule has 32 heavy (non-hydrogen) atoms. The van der Waals surface area contributed by atoms with E-state index in [0.29, 0.717) is 43.8 Å². The van der Waals surface area contributed by atoms with Gasteiger partial charge in [0.15, 0.2) is 0 Å². The van der Waals surface area contributed by atoms with Crippen molar-refractivity contribution in [3.05, 3.63) is 64.1 Å². The summed E-state index contributed by atoms with van der Waals surface area (Å²) in [7, 11) is 0. The fraction of sp³-hybridized carbons (Fsp3) is 0.391. The number of benzene rings is 1. The third-order valence-corrected chi connectivity index (χ3v) is 6.25. The number of hydrogen-bond acceptors (Lipinski definition) is 6. The van der Waals surface area contributed by atoms with E-state index in [1.54, 1.807) is 4.68 Å². The Balaban J connectivity index is 1.27. The van der Waals surface area contributed by atoms with Crippen LogP contribution in [0.25, 0.3) is 5.69 Å². The van der Waals surface area contributed by atoms with Crippen LogP contribution in [0.3, 0.4) is 0 Å². The van der Waals surface area contributed by atoms with Gasteiger partial charge in [-0.2, -0.15) is 0 Å². The van der Waals surface area contributed by atoms with Crippen molar-refractivity contribution in [2.45, 2.75) is 32.9 Å². The van der Waals surface area contributed by atoms with Gasteiger partial charge in [0, 0.05) is 37.2 Å². The van der Waals surface area contributed by atoms with Crippen LogP contribution in [-0.2, 0) is 29.1 Å². The number of carbonyl (C=O) groups excluding carboxylic acids is 1. The first kappa shape index (κ1) is 20.9. The molecular weight excluding hydrogens is 430 g/mol. The summed E-state index contributed by atoms with van der Waals surface area (Å²) in [5.41, 5.74) is 4.56. The summed E-state index contributed by atoms with van der Waals surface area (Å²) in [6.45, 7) is 4.66. The molecule has 9 heteroatoms. The molecule has 0 unspecified atom stereocenters. The smallest absolute Gasteiger partial charge is 0.228 e. The van der Waals surface area contributed by atoms with E-state index in [4.69, 9.17) is 26.1 Å². The van der Waals surface area contributed by atoms with Crippen LogP contribution >= 0.6 is 11.6 Å². The summed E-state index contributed by atoms with van der Waals surface area (Å²) in [4.78, 5) is 19.3. The number of ether oxygens (including phenoxy) is 2. The van der Waals surface area contributed by atoms with E-state index >= 15 is 0 Å². The zero-order valence-corrected chi connectivity index (χ0v) is 18.6. The zero-order valence-electron chi connectivity index (χ0n) is 17.8. The second-order valence-corrected chi connectivity index (χ2v) is 8.56. The van der Waals surface area contributed by atoms with Gasteiger partial charge in [0.2, 0.25) is 11.8 Å². The third-order valence-electron chi connectivity index (χ3n) is 6.00. The molecule has 0 bridgehead atoms. The van der Waals surface area contributed by atoms with Gasteiger partial charge in [-0.25, -0.2) is 9.67 Å². The minimum absolute atomic E-state index is 0.00513. The molecule has 0 aliphatic carbocycles. The molecule has 0 saturated carbocycles. The first-order valence-corrected chi connectivity index (χ1v) is 11.1. The summed E-state index contributed by atoms with van der Waals surface area (Å²) in [5, 5.41) is 9.09.